The number of nitrogens with one attached hydrogen (secondary N) is 1. The van der Waals surface area contributed by atoms with Crippen LogP contribution in [0, 0.1) is 0 Å². The highest BCUT2D eigenvalue weighted by atomic mass is 35.5. The highest BCUT2D eigenvalue weighted by Crippen LogP contribution is 2.34. The van der Waals surface area contributed by atoms with Gasteiger partial charge in [0.1, 0.15) is 17.5 Å². The van der Waals surface area contributed by atoms with E-state index in [0.29, 0.717) is 13.1 Å². The molecule has 3 heterocycles. The van der Waals surface area contributed by atoms with E-state index in [-0.39, 0.29) is 12.0 Å². The Morgan fingerprint density at radius 3 is 2.72 bits per heavy atom. The van der Waals surface area contributed by atoms with Gasteiger partial charge in [0.15, 0.2) is 0 Å². The molecule has 5 rings (SSSR count). The van der Waals surface area contributed by atoms with E-state index in [1.165, 1.54) is 5.69 Å². The van der Waals surface area contributed by atoms with E-state index in [4.69, 9.17) is 16.3 Å². The van der Waals surface area contributed by atoms with Crippen molar-refractivity contribution in [2.45, 2.75) is 26.0 Å². The van der Waals surface area contributed by atoms with E-state index in [1.54, 1.807) is 0 Å². The van der Waals surface area contributed by atoms with Gasteiger partial charge in [-0.05, 0) is 36.8 Å². The summed E-state index contributed by atoms with van der Waals surface area (Å²) in [5, 5.41) is 4.96. The second kappa shape index (κ2) is 9.04. The molecule has 2 aromatic carbocycles. The molecule has 1 N–H and O–H groups in total. The Balaban J connectivity index is 1.17. The van der Waals surface area contributed by atoms with Crippen molar-refractivity contribution in [1.82, 2.24) is 14.8 Å². The molecule has 0 radical (unpaired) electrons. The van der Waals surface area contributed by atoms with Crippen LogP contribution in [-0.2, 0) is 6.54 Å². The molecule has 1 fully saturated rings. The van der Waals surface area contributed by atoms with Crippen molar-refractivity contribution in [2.24, 2.45) is 0 Å². The summed E-state index contributed by atoms with van der Waals surface area (Å²) in [5.41, 5.74) is 2.92. The normalized spacial score (nSPS) is 18.6. The molecule has 1 unspecified atom stereocenters. The minimum Gasteiger partial charge on any atom is -0.486 e. The predicted molar refractivity (Wildman–Crippen MR) is 129 cm³/mol. The van der Waals surface area contributed by atoms with E-state index >= 15 is 0 Å². The molecule has 7 heteroatoms. The van der Waals surface area contributed by atoms with Crippen molar-refractivity contribution in [3.63, 3.8) is 0 Å². The van der Waals surface area contributed by atoms with Gasteiger partial charge >= 0.3 is 0 Å². The zero-order valence-electron chi connectivity index (χ0n) is 18.4. The van der Waals surface area contributed by atoms with Crippen LogP contribution in [0.5, 0.6) is 5.75 Å². The zero-order valence-corrected chi connectivity index (χ0v) is 19.1. The van der Waals surface area contributed by atoms with Crippen molar-refractivity contribution in [3.8, 4) is 5.75 Å². The van der Waals surface area contributed by atoms with Crippen LogP contribution in [0.2, 0.25) is 5.02 Å². The van der Waals surface area contributed by atoms with Crippen LogP contribution in [0.1, 0.15) is 23.8 Å². The maximum Gasteiger partial charge on any atom is 0.267 e. The number of ether oxygens (including phenoxy) is 1. The van der Waals surface area contributed by atoms with Crippen LogP contribution < -0.4 is 15.0 Å². The van der Waals surface area contributed by atoms with Crippen molar-refractivity contribution < 1.29 is 9.53 Å². The van der Waals surface area contributed by atoms with Gasteiger partial charge in [0.2, 0.25) is 0 Å². The molecule has 3 aromatic rings. The Bertz CT molecular complexity index is 1120. The molecular weight excluding hydrogens is 424 g/mol. The minimum absolute atomic E-state index is 0.0125. The first kappa shape index (κ1) is 21.2. The van der Waals surface area contributed by atoms with E-state index < -0.39 is 0 Å². The molecule has 1 aromatic heterocycles. The quantitative estimate of drug-likeness (QED) is 0.613. The molecule has 1 atom stereocenters. The fourth-order valence-corrected chi connectivity index (χ4v) is 4.90. The highest BCUT2D eigenvalue weighted by Gasteiger charge is 2.26. The summed E-state index contributed by atoms with van der Waals surface area (Å²) in [5.74, 6) is 0.860. The lowest BCUT2D eigenvalue weighted by Gasteiger charge is -2.36. The van der Waals surface area contributed by atoms with Gasteiger partial charge in [0, 0.05) is 55.4 Å². The Hall–Kier alpha value is -2.70. The van der Waals surface area contributed by atoms with Gasteiger partial charge in [0.05, 0.1) is 12.1 Å². The smallest absolute Gasteiger partial charge is 0.267 e. The topological polar surface area (TPSA) is 49.7 Å². The Morgan fingerprint density at radius 1 is 1.12 bits per heavy atom. The van der Waals surface area contributed by atoms with Gasteiger partial charge in [-0.25, -0.2) is 0 Å². The van der Waals surface area contributed by atoms with Gasteiger partial charge in [0.25, 0.3) is 5.91 Å². The number of piperazine rings is 1. The van der Waals surface area contributed by atoms with Crippen LogP contribution in [0.15, 0.2) is 48.5 Å². The molecule has 32 heavy (non-hydrogen) atoms. The van der Waals surface area contributed by atoms with E-state index in [0.717, 1.165) is 66.5 Å². The largest absolute Gasteiger partial charge is 0.486 e. The zero-order chi connectivity index (χ0) is 22.1. The lowest BCUT2D eigenvalue weighted by Crippen LogP contribution is -2.48. The lowest BCUT2D eigenvalue weighted by atomic mass is 10.2. The standard InChI is InChI=1S/C25H29ClN4O2/c1-2-21-17-30-22(15-18-5-3-8-23(32-21)24(18)30)25(31)27-9-10-28-11-13-29(14-12-28)20-7-4-6-19(26)16-20/h3-8,15-16,21H,2,9-14,17H2,1H3,(H,27,31). The number of para-hydroxylation sites is 1. The maximum absolute atomic E-state index is 13.0. The molecule has 2 aliphatic heterocycles. The Labute approximate surface area is 193 Å². The van der Waals surface area contributed by atoms with Crippen LogP contribution in [0.4, 0.5) is 5.69 Å². The number of nitrogens with zero attached hydrogens (tertiary/aromatic N) is 3. The average molecular weight is 453 g/mol. The summed E-state index contributed by atoms with van der Waals surface area (Å²) in [6, 6.07) is 16.0. The summed E-state index contributed by atoms with van der Waals surface area (Å²) in [4.78, 5) is 17.8. The molecule has 2 aliphatic rings. The number of halogens is 1. The third-order valence-corrected chi connectivity index (χ3v) is 6.75. The fourth-order valence-electron chi connectivity index (χ4n) is 4.72. The molecule has 168 valence electrons. The van der Waals surface area contributed by atoms with Gasteiger partial charge < -0.3 is 19.5 Å². The number of carbonyl (C=O) groups excluding carboxylic acids is 1. The number of benzene rings is 2. The molecule has 0 bridgehead atoms. The summed E-state index contributed by atoms with van der Waals surface area (Å²) in [7, 11) is 0. The van der Waals surface area contributed by atoms with Crippen LogP contribution in [0.25, 0.3) is 10.9 Å². The molecule has 1 amide bonds. The predicted octanol–water partition coefficient (Wildman–Crippen LogP) is 4.02. The average Bonchev–Trinajstić information content (AvgIpc) is 3.19. The maximum atomic E-state index is 13.0. The molecular formula is C25H29ClN4O2. The third-order valence-electron chi connectivity index (χ3n) is 6.51. The first-order valence-corrected chi connectivity index (χ1v) is 11.8. The Kier molecular flexibility index (Phi) is 5.98. The second-order valence-electron chi connectivity index (χ2n) is 8.55. The van der Waals surface area contributed by atoms with Crippen molar-refractivity contribution in [3.05, 3.63) is 59.2 Å². The van der Waals surface area contributed by atoms with Crippen LogP contribution in [-0.4, -0.2) is 60.7 Å². The van der Waals surface area contributed by atoms with E-state index in [9.17, 15) is 4.79 Å². The van der Waals surface area contributed by atoms with Crippen molar-refractivity contribution in [2.75, 3.05) is 44.2 Å². The number of amides is 1. The fraction of sp³-hybridized carbons (Fsp3) is 0.400. The number of carbonyl (C=O) groups is 1. The summed E-state index contributed by atoms with van der Waals surface area (Å²) in [6.07, 6.45) is 1.01. The summed E-state index contributed by atoms with van der Waals surface area (Å²) in [6.45, 7) is 8.19. The number of hydrogen-bond acceptors (Lipinski definition) is 4. The monoisotopic (exact) mass is 452 g/mol. The van der Waals surface area contributed by atoms with Crippen molar-refractivity contribution >= 4 is 34.1 Å². The number of rotatable bonds is 6. The lowest BCUT2D eigenvalue weighted by molar-refractivity contribution is 0.0932. The number of hydrogen-bond donors (Lipinski definition) is 1. The molecule has 0 saturated carbocycles. The second-order valence-corrected chi connectivity index (χ2v) is 8.98. The first-order chi connectivity index (χ1) is 15.6. The highest BCUT2D eigenvalue weighted by molar-refractivity contribution is 6.30. The summed E-state index contributed by atoms with van der Waals surface area (Å²) >= 11 is 6.13. The number of anilines is 1. The van der Waals surface area contributed by atoms with Gasteiger partial charge in [-0.1, -0.05) is 36.7 Å². The Morgan fingerprint density at radius 2 is 1.94 bits per heavy atom. The molecule has 0 spiro atoms. The van der Waals surface area contributed by atoms with Crippen LogP contribution in [0.3, 0.4) is 0 Å². The number of aromatic nitrogens is 1. The van der Waals surface area contributed by atoms with Gasteiger partial charge in [-0.2, -0.15) is 0 Å². The molecule has 0 aliphatic carbocycles. The molecule has 1 saturated heterocycles. The van der Waals surface area contributed by atoms with E-state index in [2.05, 4.69) is 32.7 Å². The van der Waals surface area contributed by atoms with Crippen LogP contribution >= 0.6 is 11.6 Å². The summed E-state index contributed by atoms with van der Waals surface area (Å²) < 4.78 is 8.21. The third kappa shape index (κ3) is 4.17. The van der Waals surface area contributed by atoms with E-state index in [1.807, 2.05) is 42.5 Å². The minimum atomic E-state index is -0.0125. The SMILES string of the molecule is CCC1Cn2c(C(=O)NCCN3CCN(c4cccc(Cl)c4)CC3)cc3cccc(c32)O1. The van der Waals surface area contributed by atoms with Gasteiger partial charge in [-0.15, -0.1) is 0 Å². The molecule has 6 nitrogen and oxygen atoms in total. The van der Waals surface area contributed by atoms with Crippen molar-refractivity contribution in [1.29, 1.82) is 0 Å². The first-order valence-electron chi connectivity index (χ1n) is 11.4. The van der Waals surface area contributed by atoms with Gasteiger partial charge in [-0.3, -0.25) is 9.69 Å².